The average molecular weight is 224 g/mol. The Kier molecular flexibility index (Phi) is 4.94. The van der Waals surface area contributed by atoms with Crippen LogP contribution < -0.4 is 0 Å². The van der Waals surface area contributed by atoms with E-state index in [4.69, 9.17) is 5.11 Å². The highest BCUT2D eigenvalue weighted by Crippen LogP contribution is 2.27. The van der Waals surface area contributed by atoms with Crippen LogP contribution in [-0.4, -0.2) is 11.7 Å². The normalized spacial score (nSPS) is 13.1. The Labute approximate surface area is 97.3 Å². The number of rotatable bonds is 5. The minimum atomic E-state index is -0.133. The van der Waals surface area contributed by atoms with Crippen LogP contribution in [0.5, 0.6) is 0 Å². The molecule has 1 aromatic rings. The summed E-state index contributed by atoms with van der Waals surface area (Å²) in [7, 11) is 0. The van der Waals surface area contributed by atoms with Gasteiger partial charge >= 0.3 is 0 Å². The van der Waals surface area contributed by atoms with Crippen molar-refractivity contribution in [2.75, 3.05) is 6.61 Å². The first-order valence-corrected chi connectivity index (χ1v) is 6.04. The first-order chi connectivity index (χ1) is 7.63. The second-order valence-corrected chi connectivity index (χ2v) is 4.38. The summed E-state index contributed by atoms with van der Waals surface area (Å²) in [5.74, 6) is 0.176. The van der Waals surface area contributed by atoms with Gasteiger partial charge in [-0.3, -0.25) is 0 Å². The molecule has 1 atom stereocenters. The van der Waals surface area contributed by atoms with Gasteiger partial charge in [-0.05, 0) is 36.0 Å². The van der Waals surface area contributed by atoms with Gasteiger partial charge < -0.3 is 5.11 Å². The Morgan fingerprint density at radius 1 is 1.25 bits per heavy atom. The predicted octanol–water partition coefficient (Wildman–Crippen LogP) is 3.83. The third-order valence-electron chi connectivity index (χ3n) is 3.29. The van der Waals surface area contributed by atoms with Gasteiger partial charge in [0.2, 0.25) is 0 Å². The van der Waals surface area contributed by atoms with Gasteiger partial charge in [0.15, 0.2) is 0 Å². The summed E-state index contributed by atoms with van der Waals surface area (Å²) in [5.41, 5.74) is 1.67. The molecule has 0 aromatic heterocycles. The van der Waals surface area contributed by atoms with Crippen molar-refractivity contribution in [3.05, 3.63) is 35.1 Å². The van der Waals surface area contributed by atoms with Crippen LogP contribution in [0.25, 0.3) is 0 Å². The maximum atomic E-state index is 13.9. The number of aliphatic hydroxyl groups excluding tert-OH is 1. The molecule has 0 saturated carbocycles. The molecule has 1 rings (SSSR count). The zero-order valence-electron chi connectivity index (χ0n) is 10.3. The van der Waals surface area contributed by atoms with Crippen LogP contribution in [0.2, 0.25) is 0 Å². The Balaban J connectivity index is 2.99. The third-order valence-corrected chi connectivity index (χ3v) is 3.29. The SMILES string of the molecule is CCC(CC)c1ccc(C(C)CO)cc1F. The molecule has 0 heterocycles. The standard InChI is InChI=1S/C14H21FO/c1-4-11(5-2)13-7-6-12(8-14(13)15)10(3)9-16/h6-8,10-11,16H,4-5,9H2,1-3H3. The van der Waals surface area contributed by atoms with E-state index < -0.39 is 0 Å². The predicted molar refractivity (Wildman–Crippen MR) is 65.2 cm³/mol. The molecule has 16 heavy (non-hydrogen) atoms. The number of hydrogen-bond donors (Lipinski definition) is 1. The number of hydrogen-bond acceptors (Lipinski definition) is 1. The summed E-state index contributed by atoms with van der Waals surface area (Å²) >= 11 is 0. The Bertz CT molecular complexity index is 332. The van der Waals surface area contributed by atoms with Crippen LogP contribution in [0.15, 0.2) is 18.2 Å². The minimum absolute atomic E-state index is 0.00486. The second kappa shape index (κ2) is 6.00. The van der Waals surface area contributed by atoms with Crippen molar-refractivity contribution in [1.82, 2.24) is 0 Å². The van der Waals surface area contributed by atoms with E-state index in [1.54, 1.807) is 6.07 Å². The Hall–Kier alpha value is -0.890. The second-order valence-electron chi connectivity index (χ2n) is 4.38. The van der Waals surface area contributed by atoms with Gasteiger partial charge in [0.05, 0.1) is 0 Å². The molecule has 0 amide bonds. The minimum Gasteiger partial charge on any atom is -0.396 e. The third kappa shape index (κ3) is 2.82. The quantitative estimate of drug-likeness (QED) is 0.806. The lowest BCUT2D eigenvalue weighted by Gasteiger charge is -2.16. The first kappa shape index (κ1) is 13.2. The lowest BCUT2D eigenvalue weighted by molar-refractivity contribution is 0.273. The van der Waals surface area contributed by atoms with E-state index in [1.165, 1.54) is 0 Å². The van der Waals surface area contributed by atoms with Crippen molar-refractivity contribution in [3.63, 3.8) is 0 Å². The van der Waals surface area contributed by atoms with E-state index in [9.17, 15) is 4.39 Å². The fourth-order valence-electron chi connectivity index (χ4n) is 2.01. The molecule has 1 aromatic carbocycles. The van der Waals surface area contributed by atoms with Crippen molar-refractivity contribution in [2.24, 2.45) is 0 Å². The van der Waals surface area contributed by atoms with Gasteiger partial charge in [-0.25, -0.2) is 4.39 Å². The molecule has 1 nitrogen and oxygen atoms in total. The highest BCUT2D eigenvalue weighted by molar-refractivity contribution is 5.29. The van der Waals surface area contributed by atoms with Crippen molar-refractivity contribution < 1.29 is 9.50 Å². The van der Waals surface area contributed by atoms with Crippen LogP contribution in [0.3, 0.4) is 0 Å². The van der Waals surface area contributed by atoms with Crippen molar-refractivity contribution in [2.45, 2.75) is 45.4 Å². The van der Waals surface area contributed by atoms with Crippen LogP contribution >= 0.6 is 0 Å². The van der Waals surface area contributed by atoms with Gasteiger partial charge in [0.25, 0.3) is 0 Å². The molecule has 2 heteroatoms. The van der Waals surface area contributed by atoms with E-state index in [0.29, 0.717) is 5.92 Å². The van der Waals surface area contributed by atoms with Crippen molar-refractivity contribution in [1.29, 1.82) is 0 Å². The van der Waals surface area contributed by atoms with Gasteiger partial charge in [-0.2, -0.15) is 0 Å². The summed E-state index contributed by atoms with van der Waals surface area (Å²) in [6.45, 7) is 6.12. The number of halogens is 1. The highest BCUT2D eigenvalue weighted by atomic mass is 19.1. The van der Waals surface area contributed by atoms with Crippen LogP contribution in [0.4, 0.5) is 4.39 Å². The van der Waals surface area contributed by atoms with Gasteiger partial charge in [0, 0.05) is 12.5 Å². The smallest absolute Gasteiger partial charge is 0.126 e. The van der Waals surface area contributed by atoms with Gasteiger partial charge in [-0.1, -0.05) is 32.9 Å². The zero-order valence-corrected chi connectivity index (χ0v) is 10.3. The van der Waals surface area contributed by atoms with Crippen molar-refractivity contribution in [3.8, 4) is 0 Å². The zero-order chi connectivity index (χ0) is 12.1. The molecule has 0 aliphatic heterocycles. The molecule has 1 N–H and O–H groups in total. The molecular weight excluding hydrogens is 203 g/mol. The van der Waals surface area contributed by atoms with E-state index in [-0.39, 0.29) is 18.3 Å². The van der Waals surface area contributed by atoms with E-state index in [0.717, 1.165) is 24.0 Å². The summed E-state index contributed by atoms with van der Waals surface area (Å²) in [5, 5.41) is 9.03. The molecule has 0 spiro atoms. The molecule has 0 radical (unpaired) electrons. The van der Waals surface area contributed by atoms with Crippen LogP contribution in [0.1, 0.15) is 56.6 Å². The summed E-state index contributed by atoms with van der Waals surface area (Å²) in [6.07, 6.45) is 1.92. The maximum Gasteiger partial charge on any atom is 0.126 e. The summed E-state index contributed by atoms with van der Waals surface area (Å²) in [4.78, 5) is 0. The van der Waals surface area contributed by atoms with Crippen LogP contribution in [-0.2, 0) is 0 Å². The van der Waals surface area contributed by atoms with E-state index in [2.05, 4.69) is 13.8 Å². The number of aliphatic hydroxyl groups is 1. The monoisotopic (exact) mass is 224 g/mol. The fourth-order valence-corrected chi connectivity index (χ4v) is 2.01. The van der Waals surface area contributed by atoms with E-state index >= 15 is 0 Å². The Morgan fingerprint density at radius 3 is 2.31 bits per heavy atom. The first-order valence-electron chi connectivity index (χ1n) is 6.04. The molecule has 1 unspecified atom stereocenters. The molecule has 90 valence electrons. The van der Waals surface area contributed by atoms with Crippen LogP contribution in [0, 0.1) is 5.82 Å². The molecular formula is C14H21FO. The van der Waals surface area contributed by atoms with Gasteiger partial charge in [-0.15, -0.1) is 0 Å². The molecule has 0 aliphatic carbocycles. The lowest BCUT2D eigenvalue weighted by Crippen LogP contribution is -2.03. The van der Waals surface area contributed by atoms with Crippen molar-refractivity contribution >= 4 is 0 Å². The molecule has 0 bridgehead atoms. The van der Waals surface area contributed by atoms with Gasteiger partial charge in [0.1, 0.15) is 5.82 Å². The maximum absolute atomic E-state index is 13.9. The fraction of sp³-hybridized carbons (Fsp3) is 0.571. The van der Waals surface area contributed by atoms with E-state index in [1.807, 2.05) is 19.1 Å². The summed E-state index contributed by atoms with van der Waals surface area (Å²) < 4.78 is 13.9. The summed E-state index contributed by atoms with van der Waals surface area (Å²) in [6, 6.07) is 5.36. The highest BCUT2D eigenvalue weighted by Gasteiger charge is 2.14. The Morgan fingerprint density at radius 2 is 1.88 bits per heavy atom. The molecule has 0 fully saturated rings. The number of benzene rings is 1. The molecule has 0 saturated heterocycles. The average Bonchev–Trinajstić information content (AvgIpc) is 2.31. The lowest BCUT2D eigenvalue weighted by atomic mass is 9.91. The topological polar surface area (TPSA) is 20.2 Å². The largest absolute Gasteiger partial charge is 0.396 e. The molecule has 0 aliphatic rings.